The maximum atomic E-state index is 11.7. The molecule has 0 aromatic heterocycles. The Labute approximate surface area is 191 Å². The molecule has 0 spiro atoms. The average molecular weight is 389 g/mol. The summed E-state index contributed by atoms with van der Waals surface area (Å²) in [4.78, 5) is -0.738. The maximum absolute atomic E-state index is 11.7. The van der Waals surface area contributed by atoms with Gasteiger partial charge in [-0.05, 0) is 36.6 Å². The Morgan fingerprint density at radius 2 is 1.80 bits per heavy atom. The van der Waals surface area contributed by atoms with Crippen LogP contribution in [0.4, 0.5) is 0 Å². The van der Waals surface area contributed by atoms with Crippen LogP contribution in [-0.4, -0.2) is 13.0 Å². The predicted molar refractivity (Wildman–Crippen MR) is 90.1 cm³/mol. The summed E-state index contributed by atoms with van der Waals surface area (Å²) in [5.41, 5.74) is 1.08. The fourth-order valence-corrected chi connectivity index (χ4v) is 3.16. The van der Waals surface area contributed by atoms with Crippen LogP contribution in [0.2, 0.25) is 0 Å². The normalized spacial score (nSPS) is 11.0. The first-order valence-corrected chi connectivity index (χ1v) is 9.40. The van der Waals surface area contributed by atoms with Crippen LogP contribution >= 0.6 is 0 Å². The number of ether oxygens (including phenoxy) is 1. The van der Waals surface area contributed by atoms with E-state index in [1.807, 2.05) is 18.2 Å². The van der Waals surface area contributed by atoms with Crippen molar-refractivity contribution in [3.05, 3.63) is 48.0 Å². The van der Waals surface area contributed by atoms with E-state index < -0.39 is 20.8 Å². The molecule has 0 aliphatic rings. The molecule has 0 radical (unpaired) electrons. The van der Waals surface area contributed by atoms with Crippen molar-refractivity contribution < 1.29 is 74.2 Å². The first kappa shape index (κ1) is 22.6. The van der Waals surface area contributed by atoms with Crippen molar-refractivity contribution in [1.82, 2.24) is 0 Å². The zero-order valence-electron chi connectivity index (χ0n) is 14.6. The molecular formula is C18H21KO5S. The Kier molecular flexibility index (Phi) is 9.65. The molecule has 5 nitrogen and oxygen atoms in total. The zero-order valence-corrected chi connectivity index (χ0v) is 18.5. The smallest absolute Gasteiger partial charge is 0.871 e. The van der Waals surface area contributed by atoms with Gasteiger partial charge in [0.25, 0.3) is 10.1 Å². The molecule has 0 aliphatic carbocycles. The summed E-state index contributed by atoms with van der Waals surface area (Å²) in [5.74, 6) is -0.544. The Bertz CT molecular complexity index is 790. The third-order valence-electron chi connectivity index (χ3n) is 3.65. The van der Waals surface area contributed by atoms with E-state index in [9.17, 15) is 18.1 Å². The molecule has 7 heteroatoms. The van der Waals surface area contributed by atoms with Crippen LogP contribution in [0.3, 0.4) is 0 Å². The largest absolute Gasteiger partial charge is 1.00 e. The second-order valence-corrected chi connectivity index (χ2v) is 6.98. The van der Waals surface area contributed by atoms with Gasteiger partial charge in [0.05, 0.1) is 0 Å². The number of aryl methyl sites for hydroxylation is 1. The number of hydrogen-bond acceptors (Lipinski definition) is 4. The molecule has 0 fully saturated rings. The van der Waals surface area contributed by atoms with E-state index >= 15 is 0 Å². The van der Waals surface area contributed by atoms with E-state index in [0.29, 0.717) is 5.75 Å². The van der Waals surface area contributed by atoms with Crippen molar-refractivity contribution >= 4 is 10.1 Å². The van der Waals surface area contributed by atoms with Gasteiger partial charge in [-0.25, -0.2) is 0 Å². The number of benzene rings is 2. The SMILES string of the molecule is CCCCCCc1cccc(Oc2cccc([O-])c2S(=O)(=O)O)c1.[K+]. The maximum Gasteiger partial charge on any atom is 1.00 e. The monoisotopic (exact) mass is 388 g/mol. The Morgan fingerprint density at radius 3 is 2.48 bits per heavy atom. The van der Waals surface area contributed by atoms with Crippen LogP contribution in [0.25, 0.3) is 0 Å². The van der Waals surface area contributed by atoms with Crippen molar-refractivity contribution in [2.24, 2.45) is 0 Å². The summed E-state index contributed by atoms with van der Waals surface area (Å²) in [6.07, 6.45) is 5.51. The molecule has 2 aromatic rings. The second-order valence-electron chi connectivity index (χ2n) is 5.62. The van der Waals surface area contributed by atoms with E-state index in [1.165, 1.54) is 25.0 Å². The molecule has 25 heavy (non-hydrogen) atoms. The second kappa shape index (κ2) is 10.7. The third kappa shape index (κ3) is 7.01. The van der Waals surface area contributed by atoms with Gasteiger partial charge in [0.15, 0.2) is 0 Å². The molecule has 1 N–H and O–H groups in total. The van der Waals surface area contributed by atoms with Crippen LogP contribution in [0.5, 0.6) is 17.2 Å². The van der Waals surface area contributed by atoms with Gasteiger partial charge in [0, 0.05) is 0 Å². The predicted octanol–water partition coefficient (Wildman–Crippen LogP) is 0.926. The van der Waals surface area contributed by atoms with Crippen LogP contribution in [-0.2, 0) is 16.5 Å². The minimum atomic E-state index is -4.65. The Morgan fingerprint density at radius 1 is 1.08 bits per heavy atom. The summed E-state index contributed by atoms with van der Waals surface area (Å²) < 4.78 is 37.6. The van der Waals surface area contributed by atoms with Crippen molar-refractivity contribution in [2.45, 2.75) is 43.9 Å². The van der Waals surface area contributed by atoms with E-state index in [4.69, 9.17) is 4.74 Å². The van der Waals surface area contributed by atoms with Crippen molar-refractivity contribution in [3.8, 4) is 17.2 Å². The zero-order chi connectivity index (χ0) is 17.6. The molecule has 0 heterocycles. The van der Waals surface area contributed by atoms with Crippen molar-refractivity contribution in [3.63, 3.8) is 0 Å². The van der Waals surface area contributed by atoms with Gasteiger partial charge in [-0.1, -0.05) is 56.2 Å². The number of unbranched alkanes of at least 4 members (excludes halogenated alkanes) is 3. The number of rotatable bonds is 8. The summed E-state index contributed by atoms with van der Waals surface area (Å²) in [7, 11) is -4.65. The van der Waals surface area contributed by atoms with Crippen LogP contribution in [0.1, 0.15) is 38.2 Å². The van der Waals surface area contributed by atoms with E-state index in [1.54, 1.807) is 6.07 Å². The first-order valence-electron chi connectivity index (χ1n) is 7.96. The Hall–Kier alpha value is -0.414. The molecule has 0 aliphatic heterocycles. The molecule has 2 rings (SSSR count). The molecule has 0 atom stereocenters. The van der Waals surface area contributed by atoms with Crippen molar-refractivity contribution in [2.75, 3.05) is 0 Å². The summed E-state index contributed by atoms with van der Waals surface area (Å²) in [6, 6.07) is 11.1. The number of hydrogen-bond donors (Lipinski definition) is 1. The molecule has 0 saturated heterocycles. The topological polar surface area (TPSA) is 86.7 Å². The fraction of sp³-hybridized carbons (Fsp3) is 0.333. The van der Waals surface area contributed by atoms with E-state index in [2.05, 4.69) is 6.92 Å². The van der Waals surface area contributed by atoms with Crippen LogP contribution in [0, 0.1) is 0 Å². The third-order valence-corrected chi connectivity index (χ3v) is 4.56. The quantitative estimate of drug-likeness (QED) is 0.413. The van der Waals surface area contributed by atoms with Gasteiger partial charge in [0.2, 0.25) is 0 Å². The summed E-state index contributed by atoms with van der Waals surface area (Å²) in [5, 5.41) is 11.7. The average Bonchev–Trinajstić information content (AvgIpc) is 2.51. The standard InChI is InChI=1S/C18H22O5S.K/c1-2-3-4-5-8-14-9-6-10-15(13-14)23-17-12-7-11-16(19)18(17)24(20,21)22;/h6-7,9-13,19H,2-5,8H2,1H3,(H,20,21,22);/q;+1/p-1. The Balaban J connectivity index is 0.00000312. The van der Waals surface area contributed by atoms with Gasteiger partial charge in [0.1, 0.15) is 16.4 Å². The van der Waals surface area contributed by atoms with Gasteiger partial charge in [-0.3, -0.25) is 4.55 Å². The first-order chi connectivity index (χ1) is 11.4. The van der Waals surface area contributed by atoms with Gasteiger partial charge in [-0.2, -0.15) is 8.42 Å². The van der Waals surface area contributed by atoms with Gasteiger partial charge in [-0.15, -0.1) is 0 Å². The minimum Gasteiger partial charge on any atom is -0.871 e. The van der Waals surface area contributed by atoms with E-state index in [0.717, 1.165) is 30.9 Å². The molecule has 2 aromatic carbocycles. The summed E-state index contributed by atoms with van der Waals surface area (Å²) in [6.45, 7) is 2.16. The van der Waals surface area contributed by atoms with Gasteiger partial charge < -0.3 is 9.84 Å². The molecule has 0 bridgehead atoms. The summed E-state index contributed by atoms with van der Waals surface area (Å²) >= 11 is 0. The van der Waals surface area contributed by atoms with Crippen LogP contribution in [0.15, 0.2) is 47.4 Å². The van der Waals surface area contributed by atoms with Crippen LogP contribution < -0.4 is 61.2 Å². The van der Waals surface area contributed by atoms with E-state index in [-0.39, 0.29) is 57.1 Å². The molecular weight excluding hydrogens is 367 g/mol. The van der Waals surface area contributed by atoms with Crippen molar-refractivity contribution in [1.29, 1.82) is 0 Å². The minimum absolute atomic E-state index is 0. The molecule has 0 amide bonds. The molecule has 0 unspecified atom stereocenters. The fourth-order valence-electron chi connectivity index (χ4n) is 2.48. The molecule has 130 valence electrons. The van der Waals surface area contributed by atoms with Gasteiger partial charge >= 0.3 is 51.4 Å². The molecule has 0 saturated carbocycles.